The summed E-state index contributed by atoms with van der Waals surface area (Å²) in [6.45, 7) is 18.6. The molecule has 0 aliphatic heterocycles. The minimum Gasteiger partial charge on any atom is -0.393 e. The fourth-order valence-corrected chi connectivity index (χ4v) is 10.6. The summed E-state index contributed by atoms with van der Waals surface area (Å²) in [6.07, 6.45) is 16.9. The maximum atomic E-state index is 11.8. The Labute approximate surface area is 248 Å². The second kappa shape index (κ2) is 15.0. The van der Waals surface area contributed by atoms with Crippen LogP contribution in [-0.4, -0.2) is 56.5 Å². The average molecular weight is 561 g/mol. The molecule has 0 aromatic rings. The predicted molar refractivity (Wildman–Crippen MR) is 170 cm³/mol. The Bertz CT molecular complexity index is 747. The zero-order valence-electron chi connectivity index (χ0n) is 27.2. The highest BCUT2D eigenvalue weighted by molar-refractivity contribution is 5.12. The van der Waals surface area contributed by atoms with Crippen molar-refractivity contribution in [3.63, 3.8) is 0 Å². The van der Waals surface area contributed by atoms with Crippen LogP contribution in [0.4, 0.5) is 0 Å². The van der Waals surface area contributed by atoms with Gasteiger partial charge in [0, 0.05) is 19.1 Å². The summed E-state index contributed by atoms with van der Waals surface area (Å²) >= 11 is 0. The van der Waals surface area contributed by atoms with Gasteiger partial charge < -0.3 is 26.8 Å². The van der Waals surface area contributed by atoms with Crippen molar-refractivity contribution in [1.29, 1.82) is 0 Å². The summed E-state index contributed by atoms with van der Waals surface area (Å²) in [6, 6.07) is 0.635. The van der Waals surface area contributed by atoms with Gasteiger partial charge in [0.15, 0.2) is 0 Å². The van der Waals surface area contributed by atoms with Gasteiger partial charge in [-0.25, -0.2) is 0 Å². The number of hydrogen-bond acceptors (Lipinski definition) is 5. The van der Waals surface area contributed by atoms with Crippen LogP contribution in [0.2, 0.25) is 0 Å². The summed E-state index contributed by atoms with van der Waals surface area (Å²) in [5, 5.41) is 22.7. The SMILES string of the molecule is CC(C)CCC[C@H](C)C1CCC2C3C(CC[C@@]21C)[C@@]1(C)CC[C@@H](NCCCNCCNCCCN)C[C@@H]1C[C@H]3O. The van der Waals surface area contributed by atoms with Crippen LogP contribution in [0, 0.1) is 52.3 Å². The van der Waals surface area contributed by atoms with Crippen LogP contribution in [0.3, 0.4) is 0 Å². The first-order valence-corrected chi connectivity index (χ1v) is 17.7. The monoisotopic (exact) mass is 561 g/mol. The van der Waals surface area contributed by atoms with Gasteiger partial charge in [0.2, 0.25) is 0 Å². The lowest BCUT2D eigenvalue weighted by molar-refractivity contribution is -0.167. The molecule has 10 atom stereocenters. The molecule has 0 radical (unpaired) electrons. The Morgan fingerprint density at radius 1 is 0.775 bits per heavy atom. The molecule has 5 nitrogen and oxygen atoms in total. The molecule has 6 N–H and O–H groups in total. The van der Waals surface area contributed by atoms with Crippen molar-refractivity contribution in [3.05, 3.63) is 0 Å². The molecule has 5 heteroatoms. The van der Waals surface area contributed by atoms with Gasteiger partial charge in [-0.05, 0) is 143 Å². The van der Waals surface area contributed by atoms with Crippen LogP contribution < -0.4 is 21.7 Å². The minimum atomic E-state index is -0.0795. The van der Waals surface area contributed by atoms with Crippen molar-refractivity contribution in [2.24, 2.45) is 58.0 Å². The molecule has 0 spiro atoms. The first kappa shape index (κ1) is 32.7. The molecule has 4 saturated carbocycles. The third-order valence-corrected chi connectivity index (χ3v) is 12.9. The highest BCUT2D eigenvalue weighted by Gasteiger charge is 2.62. The molecule has 0 bridgehead atoms. The molecule has 4 rings (SSSR count). The van der Waals surface area contributed by atoms with Crippen LogP contribution in [0.25, 0.3) is 0 Å². The van der Waals surface area contributed by atoms with E-state index in [9.17, 15) is 5.11 Å². The van der Waals surface area contributed by atoms with Crippen molar-refractivity contribution < 1.29 is 5.11 Å². The third kappa shape index (κ3) is 7.47. The van der Waals surface area contributed by atoms with E-state index in [4.69, 9.17) is 5.73 Å². The molecule has 0 heterocycles. The molecular weight excluding hydrogens is 492 g/mol. The largest absolute Gasteiger partial charge is 0.393 e. The van der Waals surface area contributed by atoms with Crippen molar-refractivity contribution in [3.8, 4) is 0 Å². The van der Waals surface area contributed by atoms with E-state index in [1.165, 1.54) is 70.6 Å². The summed E-state index contributed by atoms with van der Waals surface area (Å²) < 4.78 is 0. The molecule has 0 saturated heterocycles. The van der Waals surface area contributed by atoms with E-state index in [1.807, 2.05) is 0 Å². The van der Waals surface area contributed by atoms with Gasteiger partial charge >= 0.3 is 0 Å². The van der Waals surface area contributed by atoms with Crippen molar-refractivity contribution >= 4 is 0 Å². The smallest absolute Gasteiger partial charge is 0.0577 e. The highest BCUT2D eigenvalue weighted by atomic mass is 16.3. The number of aliphatic hydroxyl groups excluding tert-OH is 1. The highest BCUT2D eigenvalue weighted by Crippen LogP contribution is 2.68. The Hall–Kier alpha value is -0.200. The number of nitrogens with two attached hydrogens (primary N) is 1. The van der Waals surface area contributed by atoms with Gasteiger partial charge in [-0.15, -0.1) is 0 Å². The summed E-state index contributed by atoms with van der Waals surface area (Å²) in [5.74, 6) is 5.24. The number of fused-ring (bicyclic) bond motifs is 5. The Morgan fingerprint density at radius 3 is 2.20 bits per heavy atom. The van der Waals surface area contributed by atoms with Gasteiger partial charge in [0.1, 0.15) is 0 Å². The first-order chi connectivity index (χ1) is 19.2. The lowest BCUT2D eigenvalue weighted by atomic mass is 9.43. The van der Waals surface area contributed by atoms with Gasteiger partial charge in [0.25, 0.3) is 0 Å². The Morgan fingerprint density at radius 2 is 1.48 bits per heavy atom. The van der Waals surface area contributed by atoms with Crippen molar-refractivity contribution in [2.45, 2.75) is 130 Å². The van der Waals surface area contributed by atoms with Gasteiger partial charge in [-0.2, -0.15) is 0 Å². The van der Waals surface area contributed by atoms with E-state index >= 15 is 0 Å². The molecule has 0 aromatic heterocycles. The standard InChI is InChI=1S/C35H68N4O/c1-25(2)9-6-10-26(3)29-11-12-30-33-31(14-16-35(29,30)5)34(4)15-13-28(23-27(34)24-32(33)40)39-20-8-19-38-22-21-37-18-7-17-36/h25-33,37-40H,6-24,36H2,1-5H3/t26-,27+,28+,29?,30?,31?,32+,33?,34-,35+/m0/s1. The fraction of sp³-hybridized carbons (Fsp3) is 1.00. The average Bonchev–Trinajstić information content (AvgIpc) is 3.27. The molecule has 0 amide bonds. The Kier molecular flexibility index (Phi) is 12.3. The van der Waals surface area contributed by atoms with Crippen LogP contribution in [0.1, 0.15) is 118 Å². The van der Waals surface area contributed by atoms with Crippen LogP contribution in [-0.2, 0) is 0 Å². The number of hydrogen-bond donors (Lipinski definition) is 5. The number of aliphatic hydroxyl groups is 1. The lowest BCUT2D eigenvalue weighted by Crippen LogP contribution is -2.59. The lowest BCUT2D eigenvalue weighted by Gasteiger charge is -2.62. The topological polar surface area (TPSA) is 82.3 Å². The zero-order chi connectivity index (χ0) is 28.8. The van der Waals surface area contributed by atoms with Gasteiger partial charge in [-0.3, -0.25) is 0 Å². The van der Waals surface area contributed by atoms with Gasteiger partial charge in [-0.1, -0.05) is 53.9 Å². The third-order valence-electron chi connectivity index (χ3n) is 12.9. The second-order valence-electron chi connectivity index (χ2n) is 15.7. The molecule has 40 heavy (non-hydrogen) atoms. The molecular formula is C35H68N4O. The number of rotatable bonds is 16. The molecule has 4 aliphatic rings. The van der Waals surface area contributed by atoms with Crippen molar-refractivity contribution in [1.82, 2.24) is 16.0 Å². The molecule has 4 aliphatic carbocycles. The second-order valence-corrected chi connectivity index (χ2v) is 15.7. The van der Waals surface area contributed by atoms with E-state index in [2.05, 4.69) is 50.6 Å². The maximum absolute atomic E-state index is 11.8. The molecule has 4 unspecified atom stereocenters. The van der Waals surface area contributed by atoms with Gasteiger partial charge in [0.05, 0.1) is 6.10 Å². The zero-order valence-corrected chi connectivity index (χ0v) is 27.2. The maximum Gasteiger partial charge on any atom is 0.0577 e. The molecule has 4 fully saturated rings. The van der Waals surface area contributed by atoms with E-state index < -0.39 is 0 Å². The molecule has 0 aromatic carbocycles. The van der Waals surface area contributed by atoms with E-state index in [0.29, 0.717) is 28.7 Å². The summed E-state index contributed by atoms with van der Waals surface area (Å²) in [5.41, 5.74) is 6.43. The quantitative estimate of drug-likeness (QED) is 0.151. The number of nitrogens with one attached hydrogen (secondary N) is 3. The van der Waals surface area contributed by atoms with Crippen molar-refractivity contribution in [2.75, 3.05) is 39.3 Å². The van der Waals surface area contributed by atoms with Crippen LogP contribution in [0.5, 0.6) is 0 Å². The van der Waals surface area contributed by atoms with E-state index in [0.717, 1.165) is 81.7 Å². The van der Waals surface area contributed by atoms with E-state index in [1.54, 1.807) is 0 Å². The predicted octanol–water partition coefficient (Wildman–Crippen LogP) is 5.95. The Balaban J connectivity index is 1.24. The van der Waals surface area contributed by atoms with Crippen LogP contribution >= 0.6 is 0 Å². The normalized spacial score (nSPS) is 40.0. The van der Waals surface area contributed by atoms with E-state index in [-0.39, 0.29) is 6.10 Å². The first-order valence-electron chi connectivity index (χ1n) is 17.7. The minimum absolute atomic E-state index is 0.0795. The molecule has 234 valence electrons. The van der Waals surface area contributed by atoms with Crippen LogP contribution in [0.15, 0.2) is 0 Å². The fourth-order valence-electron chi connectivity index (χ4n) is 10.6. The summed E-state index contributed by atoms with van der Waals surface area (Å²) in [4.78, 5) is 0. The summed E-state index contributed by atoms with van der Waals surface area (Å²) in [7, 11) is 0.